The molecule has 2 N–H and O–H groups in total. The second-order valence-corrected chi connectivity index (χ2v) is 5.44. The molecule has 128 valence electrons. The second-order valence-electron chi connectivity index (χ2n) is 4.62. The smallest absolute Gasteiger partial charge is 0.203 e. The molecule has 2 aromatic rings. The summed E-state index contributed by atoms with van der Waals surface area (Å²) in [4.78, 5) is 0. The Labute approximate surface area is 149 Å². The van der Waals surface area contributed by atoms with Crippen LogP contribution in [0.3, 0.4) is 0 Å². The van der Waals surface area contributed by atoms with Crippen LogP contribution in [0.1, 0.15) is 0 Å². The van der Waals surface area contributed by atoms with Crippen LogP contribution in [-0.2, 0) is 0 Å². The molecule has 0 bridgehead atoms. The first-order valence-corrected chi connectivity index (χ1v) is 7.60. The lowest BCUT2D eigenvalue weighted by molar-refractivity contribution is 0.324. The third-order valence-electron chi connectivity index (χ3n) is 3.10. The lowest BCUT2D eigenvalue weighted by atomic mass is 10.2. The van der Waals surface area contributed by atoms with E-state index in [1.54, 1.807) is 18.2 Å². The van der Waals surface area contributed by atoms with Crippen molar-refractivity contribution in [2.24, 2.45) is 0 Å². The van der Waals surface area contributed by atoms with Crippen molar-refractivity contribution in [1.29, 1.82) is 0 Å². The Balaban J connectivity index is 2.17. The number of thiocarbonyl (C=S) groups is 1. The number of anilines is 2. The molecular formula is C16H16ClFN2O3S. The molecule has 0 amide bonds. The third kappa shape index (κ3) is 4.18. The van der Waals surface area contributed by atoms with Crippen LogP contribution in [0, 0.1) is 5.82 Å². The summed E-state index contributed by atoms with van der Waals surface area (Å²) in [5.74, 6) is 0.917. The van der Waals surface area contributed by atoms with E-state index in [4.69, 9.17) is 38.0 Å². The summed E-state index contributed by atoms with van der Waals surface area (Å²) < 4.78 is 29.3. The van der Waals surface area contributed by atoms with E-state index < -0.39 is 5.82 Å². The lowest BCUT2D eigenvalue weighted by Gasteiger charge is -2.16. The Kier molecular flexibility index (Phi) is 6.05. The van der Waals surface area contributed by atoms with Gasteiger partial charge in [0.1, 0.15) is 5.82 Å². The molecule has 0 unspecified atom stereocenters. The van der Waals surface area contributed by atoms with Crippen LogP contribution >= 0.6 is 23.8 Å². The zero-order valence-electron chi connectivity index (χ0n) is 13.3. The van der Waals surface area contributed by atoms with E-state index >= 15 is 0 Å². The molecule has 2 rings (SSSR count). The topological polar surface area (TPSA) is 51.8 Å². The molecule has 0 aliphatic carbocycles. The van der Waals surface area contributed by atoms with Crippen LogP contribution in [0.5, 0.6) is 17.2 Å². The van der Waals surface area contributed by atoms with Gasteiger partial charge in [-0.25, -0.2) is 4.39 Å². The Hall–Kier alpha value is -2.25. The van der Waals surface area contributed by atoms with E-state index in [1.807, 2.05) is 0 Å². The van der Waals surface area contributed by atoms with Gasteiger partial charge in [0.05, 0.1) is 26.4 Å². The van der Waals surface area contributed by atoms with Gasteiger partial charge in [-0.1, -0.05) is 11.6 Å². The Morgan fingerprint density at radius 3 is 2.04 bits per heavy atom. The maximum Gasteiger partial charge on any atom is 0.203 e. The number of hydrogen-bond acceptors (Lipinski definition) is 4. The predicted octanol–water partition coefficient (Wildman–Crippen LogP) is 4.31. The molecule has 0 spiro atoms. The van der Waals surface area contributed by atoms with Gasteiger partial charge in [-0.05, 0) is 30.4 Å². The first kappa shape index (κ1) is 18.1. The van der Waals surface area contributed by atoms with Gasteiger partial charge in [-0.15, -0.1) is 0 Å². The number of nitrogens with one attached hydrogen (secondary N) is 2. The number of hydrogen-bond donors (Lipinski definition) is 2. The maximum atomic E-state index is 13.5. The molecule has 5 nitrogen and oxygen atoms in total. The van der Waals surface area contributed by atoms with Gasteiger partial charge in [0, 0.05) is 23.5 Å². The Bertz CT molecular complexity index is 733. The zero-order valence-corrected chi connectivity index (χ0v) is 14.8. The third-order valence-corrected chi connectivity index (χ3v) is 3.61. The minimum atomic E-state index is -0.530. The van der Waals surface area contributed by atoms with E-state index in [2.05, 4.69) is 10.6 Å². The molecule has 0 saturated heterocycles. The maximum absolute atomic E-state index is 13.5. The van der Waals surface area contributed by atoms with Crippen LogP contribution < -0.4 is 24.8 Å². The van der Waals surface area contributed by atoms with Crippen molar-refractivity contribution in [3.63, 3.8) is 0 Å². The first-order valence-electron chi connectivity index (χ1n) is 6.81. The molecular weight excluding hydrogens is 355 g/mol. The van der Waals surface area contributed by atoms with Crippen molar-refractivity contribution >= 4 is 40.3 Å². The molecule has 0 saturated carbocycles. The quantitative estimate of drug-likeness (QED) is 0.765. The van der Waals surface area contributed by atoms with Crippen LogP contribution in [0.4, 0.5) is 15.8 Å². The average molecular weight is 371 g/mol. The number of rotatable bonds is 5. The first-order chi connectivity index (χ1) is 11.5. The Morgan fingerprint density at radius 1 is 0.958 bits per heavy atom. The van der Waals surface area contributed by atoms with E-state index in [0.29, 0.717) is 28.6 Å². The molecule has 0 fully saturated rings. The van der Waals surface area contributed by atoms with E-state index in [0.717, 1.165) is 0 Å². The highest BCUT2D eigenvalue weighted by atomic mass is 35.5. The van der Waals surface area contributed by atoms with E-state index in [-0.39, 0.29) is 10.1 Å². The number of methoxy groups -OCH3 is 3. The molecule has 0 aliphatic rings. The molecule has 24 heavy (non-hydrogen) atoms. The molecule has 0 aromatic heterocycles. The van der Waals surface area contributed by atoms with Gasteiger partial charge in [0.2, 0.25) is 5.75 Å². The van der Waals surface area contributed by atoms with Crippen molar-refractivity contribution in [3.8, 4) is 17.2 Å². The standard InChI is InChI=1S/C16H16ClFN2O3S/c1-21-13-7-10(8-14(22-2)15(13)23-3)20-16(24)19-9-4-5-11(17)12(18)6-9/h4-8H,1-3H3,(H2,19,20,24). The van der Waals surface area contributed by atoms with Crippen molar-refractivity contribution in [3.05, 3.63) is 41.2 Å². The molecule has 0 heterocycles. The largest absolute Gasteiger partial charge is 0.493 e. The normalized spacial score (nSPS) is 10.0. The summed E-state index contributed by atoms with van der Waals surface area (Å²) in [5, 5.41) is 6.16. The fraction of sp³-hybridized carbons (Fsp3) is 0.188. The molecule has 0 aliphatic heterocycles. The van der Waals surface area contributed by atoms with Crippen molar-refractivity contribution in [2.75, 3.05) is 32.0 Å². The number of halogens is 2. The minimum Gasteiger partial charge on any atom is -0.493 e. The number of ether oxygens (including phenoxy) is 3. The summed E-state index contributed by atoms with van der Waals surface area (Å²) in [6, 6.07) is 7.73. The monoisotopic (exact) mass is 370 g/mol. The van der Waals surface area contributed by atoms with E-state index in [1.165, 1.54) is 33.5 Å². The number of benzene rings is 2. The molecule has 2 aromatic carbocycles. The Morgan fingerprint density at radius 2 is 1.54 bits per heavy atom. The molecule has 0 radical (unpaired) electrons. The lowest BCUT2D eigenvalue weighted by Crippen LogP contribution is -2.19. The summed E-state index contributed by atoms with van der Waals surface area (Å²) in [6.07, 6.45) is 0. The highest BCUT2D eigenvalue weighted by Crippen LogP contribution is 2.39. The van der Waals surface area contributed by atoms with Crippen LogP contribution in [0.15, 0.2) is 30.3 Å². The average Bonchev–Trinajstić information content (AvgIpc) is 2.57. The zero-order chi connectivity index (χ0) is 17.7. The van der Waals surface area contributed by atoms with Crippen molar-refractivity contribution in [2.45, 2.75) is 0 Å². The van der Waals surface area contributed by atoms with Crippen molar-refractivity contribution < 1.29 is 18.6 Å². The van der Waals surface area contributed by atoms with Gasteiger partial charge in [0.25, 0.3) is 0 Å². The van der Waals surface area contributed by atoms with Crippen LogP contribution in [0.25, 0.3) is 0 Å². The SMILES string of the molecule is COc1cc(NC(=S)Nc2ccc(Cl)c(F)c2)cc(OC)c1OC. The predicted molar refractivity (Wildman–Crippen MR) is 97.4 cm³/mol. The fourth-order valence-electron chi connectivity index (χ4n) is 2.02. The van der Waals surface area contributed by atoms with Gasteiger partial charge in [-0.2, -0.15) is 0 Å². The van der Waals surface area contributed by atoms with Crippen LogP contribution in [0.2, 0.25) is 5.02 Å². The van der Waals surface area contributed by atoms with Gasteiger partial charge >= 0.3 is 0 Å². The van der Waals surface area contributed by atoms with Gasteiger partial charge < -0.3 is 24.8 Å². The summed E-state index contributed by atoms with van der Waals surface area (Å²) in [6.45, 7) is 0. The van der Waals surface area contributed by atoms with E-state index in [9.17, 15) is 4.39 Å². The fourth-order valence-corrected chi connectivity index (χ4v) is 2.37. The molecule has 8 heteroatoms. The van der Waals surface area contributed by atoms with Gasteiger partial charge in [0.15, 0.2) is 16.6 Å². The minimum absolute atomic E-state index is 0.0454. The summed E-state index contributed by atoms with van der Waals surface area (Å²) in [7, 11) is 4.57. The second kappa shape index (κ2) is 8.03. The van der Waals surface area contributed by atoms with Crippen molar-refractivity contribution in [1.82, 2.24) is 0 Å². The van der Waals surface area contributed by atoms with Crippen LogP contribution in [-0.4, -0.2) is 26.4 Å². The molecule has 0 atom stereocenters. The summed E-state index contributed by atoms with van der Waals surface area (Å²) >= 11 is 10.9. The summed E-state index contributed by atoms with van der Waals surface area (Å²) in [5.41, 5.74) is 1.10. The van der Waals surface area contributed by atoms with Gasteiger partial charge in [-0.3, -0.25) is 0 Å². The highest BCUT2D eigenvalue weighted by Gasteiger charge is 2.14. The highest BCUT2D eigenvalue weighted by molar-refractivity contribution is 7.80.